The van der Waals surface area contributed by atoms with E-state index in [2.05, 4.69) is 36.2 Å². The lowest BCUT2D eigenvalue weighted by molar-refractivity contribution is 1.27. The van der Waals surface area contributed by atoms with Gasteiger partial charge < -0.3 is 5.73 Å². The minimum absolute atomic E-state index is 0.586. The molecule has 82 valence electrons. The van der Waals surface area contributed by atoms with Crippen LogP contribution in [0.25, 0.3) is 0 Å². The second kappa shape index (κ2) is 5.03. The number of anilines is 1. The highest BCUT2D eigenvalue weighted by atomic mass is 32.2. The molecule has 1 aromatic heterocycles. The topological polar surface area (TPSA) is 38.9 Å². The summed E-state index contributed by atoms with van der Waals surface area (Å²) in [5, 5.41) is 0. The summed E-state index contributed by atoms with van der Waals surface area (Å²) in [6, 6.07) is 12.4. The van der Waals surface area contributed by atoms with E-state index in [1.807, 2.05) is 23.9 Å². The molecule has 1 aromatic carbocycles. The Morgan fingerprint density at radius 3 is 2.88 bits per heavy atom. The highest BCUT2D eigenvalue weighted by Crippen LogP contribution is 2.23. The van der Waals surface area contributed by atoms with Crippen molar-refractivity contribution in [1.29, 1.82) is 0 Å². The molecule has 16 heavy (non-hydrogen) atoms. The van der Waals surface area contributed by atoms with Crippen LogP contribution in [0.15, 0.2) is 47.5 Å². The molecular formula is C13H14N2S. The van der Waals surface area contributed by atoms with Crippen molar-refractivity contribution in [2.24, 2.45) is 0 Å². The Labute approximate surface area is 99.9 Å². The van der Waals surface area contributed by atoms with Gasteiger partial charge in [-0.2, -0.15) is 0 Å². The number of nitrogen functional groups attached to an aromatic ring is 1. The minimum Gasteiger partial charge on any atom is -0.384 e. The van der Waals surface area contributed by atoms with Crippen LogP contribution in [0.3, 0.4) is 0 Å². The van der Waals surface area contributed by atoms with E-state index in [9.17, 15) is 0 Å². The summed E-state index contributed by atoms with van der Waals surface area (Å²) in [4.78, 5) is 5.26. The Hall–Kier alpha value is -1.48. The highest BCUT2D eigenvalue weighted by molar-refractivity contribution is 7.98. The first kappa shape index (κ1) is 11.0. The van der Waals surface area contributed by atoms with Gasteiger partial charge in [0.15, 0.2) is 0 Å². The number of benzene rings is 1. The van der Waals surface area contributed by atoms with Crippen molar-refractivity contribution in [2.45, 2.75) is 17.6 Å². The molecule has 3 heteroatoms. The average Bonchev–Trinajstić information content (AvgIpc) is 2.27. The van der Waals surface area contributed by atoms with Gasteiger partial charge in [0.05, 0.1) is 0 Å². The molecule has 0 amide bonds. The molecule has 0 spiro atoms. The van der Waals surface area contributed by atoms with Crippen molar-refractivity contribution in [2.75, 3.05) is 5.73 Å². The summed E-state index contributed by atoms with van der Waals surface area (Å²) in [7, 11) is 0. The van der Waals surface area contributed by atoms with Crippen LogP contribution in [0.2, 0.25) is 0 Å². The predicted octanol–water partition coefficient (Wildman–Crippen LogP) is 3.26. The van der Waals surface area contributed by atoms with Crippen LogP contribution in [0.1, 0.15) is 11.1 Å². The molecule has 0 aliphatic rings. The van der Waals surface area contributed by atoms with Crippen LogP contribution in [0.5, 0.6) is 0 Å². The third kappa shape index (κ3) is 3.00. The quantitative estimate of drug-likeness (QED) is 0.822. The SMILES string of the molecule is Cc1cccc(SCc2ccnc(N)c2)c1. The van der Waals surface area contributed by atoms with Crippen molar-refractivity contribution in [3.63, 3.8) is 0 Å². The molecule has 0 aliphatic carbocycles. The number of aryl methyl sites for hydroxylation is 1. The maximum Gasteiger partial charge on any atom is 0.123 e. The van der Waals surface area contributed by atoms with Gasteiger partial charge in [0.1, 0.15) is 5.82 Å². The molecular weight excluding hydrogens is 216 g/mol. The fraction of sp³-hybridized carbons (Fsp3) is 0.154. The number of thioether (sulfide) groups is 1. The molecule has 2 nitrogen and oxygen atoms in total. The van der Waals surface area contributed by atoms with Crippen LogP contribution >= 0.6 is 11.8 Å². The molecule has 0 fully saturated rings. The minimum atomic E-state index is 0.586. The van der Waals surface area contributed by atoms with Crippen LogP contribution in [-0.4, -0.2) is 4.98 Å². The zero-order valence-corrected chi connectivity index (χ0v) is 10.00. The van der Waals surface area contributed by atoms with E-state index >= 15 is 0 Å². The molecule has 0 unspecified atom stereocenters. The van der Waals surface area contributed by atoms with E-state index in [1.165, 1.54) is 16.0 Å². The summed E-state index contributed by atoms with van der Waals surface area (Å²) in [6.07, 6.45) is 1.75. The van der Waals surface area contributed by atoms with Crippen molar-refractivity contribution in [3.8, 4) is 0 Å². The molecule has 2 aromatic rings. The van der Waals surface area contributed by atoms with E-state index < -0.39 is 0 Å². The van der Waals surface area contributed by atoms with Crippen LogP contribution in [0, 0.1) is 6.92 Å². The zero-order valence-electron chi connectivity index (χ0n) is 9.18. The van der Waals surface area contributed by atoms with Gasteiger partial charge in [0.25, 0.3) is 0 Å². The first-order valence-electron chi connectivity index (χ1n) is 5.14. The maximum absolute atomic E-state index is 5.63. The van der Waals surface area contributed by atoms with E-state index in [0.29, 0.717) is 5.82 Å². The van der Waals surface area contributed by atoms with E-state index in [1.54, 1.807) is 6.20 Å². The standard InChI is InChI=1S/C13H14N2S/c1-10-3-2-4-12(7-10)16-9-11-5-6-15-13(14)8-11/h2-8H,9H2,1H3,(H2,14,15). The van der Waals surface area contributed by atoms with Gasteiger partial charge in [-0.05, 0) is 36.8 Å². The molecule has 0 saturated carbocycles. The Morgan fingerprint density at radius 2 is 2.12 bits per heavy atom. The average molecular weight is 230 g/mol. The Morgan fingerprint density at radius 1 is 1.25 bits per heavy atom. The third-order valence-electron chi connectivity index (χ3n) is 2.24. The number of hydrogen-bond donors (Lipinski definition) is 1. The molecule has 0 aliphatic heterocycles. The molecule has 2 rings (SSSR count). The first-order chi connectivity index (χ1) is 7.74. The fourth-order valence-electron chi connectivity index (χ4n) is 1.46. The molecule has 0 bridgehead atoms. The smallest absolute Gasteiger partial charge is 0.123 e. The second-order valence-corrected chi connectivity index (χ2v) is 4.74. The molecule has 0 radical (unpaired) electrons. The first-order valence-corrected chi connectivity index (χ1v) is 6.12. The summed E-state index contributed by atoms with van der Waals surface area (Å²) in [5.41, 5.74) is 8.13. The van der Waals surface area contributed by atoms with Gasteiger partial charge >= 0.3 is 0 Å². The van der Waals surface area contributed by atoms with Crippen molar-refractivity contribution in [1.82, 2.24) is 4.98 Å². The normalized spacial score (nSPS) is 10.3. The number of pyridine rings is 1. The number of aromatic nitrogens is 1. The maximum atomic E-state index is 5.63. The number of nitrogens with two attached hydrogens (primary N) is 1. The number of rotatable bonds is 3. The lowest BCUT2D eigenvalue weighted by atomic mass is 10.2. The predicted molar refractivity (Wildman–Crippen MR) is 69.4 cm³/mol. The Kier molecular flexibility index (Phi) is 3.47. The lowest BCUT2D eigenvalue weighted by Gasteiger charge is -2.03. The van der Waals surface area contributed by atoms with E-state index in [0.717, 1.165) is 5.75 Å². The van der Waals surface area contributed by atoms with Gasteiger partial charge in [-0.3, -0.25) is 0 Å². The molecule has 0 atom stereocenters. The molecule has 2 N–H and O–H groups in total. The molecule has 0 saturated heterocycles. The summed E-state index contributed by atoms with van der Waals surface area (Å²) in [6.45, 7) is 2.11. The van der Waals surface area contributed by atoms with Crippen molar-refractivity contribution >= 4 is 17.6 Å². The Bertz CT molecular complexity index is 437. The van der Waals surface area contributed by atoms with Gasteiger partial charge in [0.2, 0.25) is 0 Å². The third-order valence-corrected chi connectivity index (χ3v) is 3.31. The number of nitrogens with zero attached hydrogens (tertiary/aromatic N) is 1. The summed E-state index contributed by atoms with van der Waals surface area (Å²) >= 11 is 1.81. The second-order valence-electron chi connectivity index (χ2n) is 3.69. The van der Waals surface area contributed by atoms with Crippen molar-refractivity contribution in [3.05, 3.63) is 53.7 Å². The van der Waals surface area contributed by atoms with E-state index in [-0.39, 0.29) is 0 Å². The highest BCUT2D eigenvalue weighted by Gasteiger charge is 1.97. The van der Waals surface area contributed by atoms with Crippen LogP contribution < -0.4 is 5.73 Å². The lowest BCUT2D eigenvalue weighted by Crippen LogP contribution is -1.90. The summed E-state index contributed by atoms with van der Waals surface area (Å²) in [5.74, 6) is 1.51. The van der Waals surface area contributed by atoms with Gasteiger partial charge in [-0.1, -0.05) is 17.7 Å². The van der Waals surface area contributed by atoms with Crippen LogP contribution in [0.4, 0.5) is 5.82 Å². The summed E-state index contributed by atoms with van der Waals surface area (Å²) < 4.78 is 0. The largest absolute Gasteiger partial charge is 0.384 e. The van der Waals surface area contributed by atoms with E-state index in [4.69, 9.17) is 5.73 Å². The Balaban J connectivity index is 2.02. The monoisotopic (exact) mass is 230 g/mol. The van der Waals surface area contributed by atoms with Crippen LogP contribution in [-0.2, 0) is 5.75 Å². The van der Waals surface area contributed by atoms with Gasteiger partial charge in [0, 0.05) is 16.8 Å². The van der Waals surface area contributed by atoms with Crippen molar-refractivity contribution < 1.29 is 0 Å². The zero-order chi connectivity index (χ0) is 11.4. The fourth-order valence-corrected chi connectivity index (χ4v) is 2.41. The van der Waals surface area contributed by atoms with Gasteiger partial charge in [-0.25, -0.2) is 4.98 Å². The number of hydrogen-bond acceptors (Lipinski definition) is 3. The molecule has 1 heterocycles. The van der Waals surface area contributed by atoms with Gasteiger partial charge in [-0.15, -0.1) is 11.8 Å².